The first-order valence-corrected chi connectivity index (χ1v) is 7.76. The zero-order valence-electron chi connectivity index (χ0n) is 13.2. The Bertz CT molecular complexity index is 619. The average Bonchev–Trinajstić information content (AvgIpc) is 2.73. The summed E-state index contributed by atoms with van der Waals surface area (Å²) in [6, 6.07) is 8.05. The molecule has 0 unspecified atom stereocenters. The predicted molar refractivity (Wildman–Crippen MR) is 89.5 cm³/mol. The molecule has 0 saturated heterocycles. The number of nitrogens with zero attached hydrogens (tertiary/aromatic N) is 1. The summed E-state index contributed by atoms with van der Waals surface area (Å²) in [5.74, 6) is 0.730. The number of hydrogen-bond donors (Lipinski definition) is 1. The minimum Gasteiger partial charge on any atom is -0.492 e. The second-order valence-corrected chi connectivity index (χ2v) is 5.48. The molecule has 0 amide bonds. The molecule has 0 radical (unpaired) electrons. The molecular formula is C17H23ClN2O. The Balaban J connectivity index is 2.08. The van der Waals surface area contributed by atoms with Crippen LogP contribution < -0.4 is 10.1 Å². The van der Waals surface area contributed by atoms with Crippen LogP contribution in [0.3, 0.4) is 0 Å². The molecule has 1 N–H and O–H groups in total. The summed E-state index contributed by atoms with van der Waals surface area (Å²) < 4.78 is 7.77. The highest BCUT2D eigenvalue weighted by atomic mass is 35.5. The van der Waals surface area contributed by atoms with Crippen LogP contribution in [0.4, 0.5) is 5.69 Å². The van der Waals surface area contributed by atoms with Gasteiger partial charge in [-0.25, -0.2) is 0 Å². The van der Waals surface area contributed by atoms with Crippen LogP contribution in [0.5, 0.6) is 5.75 Å². The first-order valence-electron chi connectivity index (χ1n) is 7.38. The third kappa shape index (κ3) is 3.53. The van der Waals surface area contributed by atoms with Crippen LogP contribution in [0, 0.1) is 13.8 Å². The van der Waals surface area contributed by atoms with E-state index in [0.29, 0.717) is 11.6 Å². The Kier molecular flexibility index (Phi) is 5.18. The lowest BCUT2D eigenvalue weighted by Crippen LogP contribution is -2.03. The third-order valence-electron chi connectivity index (χ3n) is 3.71. The van der Waals surface area contributed by atoms with Crippen molar-refractivity contribution in [3.8, 4) is 5.75 Å². The molecule has 0 aliphatic rings. The summed E-state index contributed by atoms with van der Waals surface area (Å²) in [5.41, 5.74) is 4.94. The fraction of sp³-hybridized carbons (Fsp3) is 0.412. The van der Waals surface area contributed by atoms with E-state index in [0.717, 1.165) is 24.5 Å². The van der Waals surface area contributed by atoms with E-state index < -0.39 is 0 Å². The van der Waals surface area contributed by atoms with E-state index in [9.17, 15) is 0 Å². The third-order valence-corrected chi connectivity index (χ3v) is 4.00. The van der Waals surface area contributed by atoms with Crippen molar-refractivity contribution in [2.75, 3.05) is 11.9 Å². The van der Waals surface area contributed by atoms with Crippen molar-refractivity contribution in [2.24, 2.45) is 0 Å². The quantitative estimate of drug-likeness (QED) is 0.830. The lowest BCUT2D eigenvalue weighted by atomic mass is 10.2. The van der Waals surface area contributed by atoms with Crippen LogP contribution in [0.1, 0.15) is 30.8 Å². The Morgan fingerprint density at radius 2 is 1.95 bits per heavy atom. The number of nitrogens with one attached hydrogen (secondary N) is 1. The van der Waals surface area contributed by atoms with Gasteiger partial charge < -0.3 is 14.6 Å². The fourth-order valence-corrected chi connectivity index (χ4v) is 2.85. The fourth-order valence-electron chi connectivity index (χ4n) is 2.62. The van der Waals surface area contributed by atoms with Crippen LogP contribution in [0.15, 0.2) is 24.3 Å². The molecule has 4 heteroatoms. The highest BCUT2D eigenvalue weighted by Crippen LogP contribution is 2.28. The van der Waals surface area contributed by atoms with Crippen molar-refractivity contribution in [1.29, 1.82) is 0 Å². The van der Waals surface area contributed by atoms with Gasteiger partial charge in [0.1, 0.15) is 5.75 Å². The number of ether oxygens (including phenoxy) is 1. The second kappa shape index (κ2) is 6.90. The Hall–Kier alpha value is -1.61. The lowest BCUT2D eigenvalue weighted by Gasteiger charge is -2.10. The molecule has 2 aromatic rings. The summed E-state index contributed by atoms with van der Waals surface area (Å²) in [4.78, 5) is 0. The van der Waals surface area contributed by atoms with Crippen molar-refractivity contribution >= 4 is 17.3 Å². The lowest BCUT2D eigenvalue weighted by molar-refractivity contribution is 0.340. The highest BCUT2D eigenvalue weighted by Gasteiger charge is 2.08. The molecule has 2 rings (SSSR count). The maximum atomic E-state index is 6.20. The highest BCUT2D eigenvalue weighted by molar-refractivity contribution is 6.32. The number of rotatable bonds is 6. The minimum atomic E-state index is 0.621. The Labute approximate surface area is 131 Å². The minimum absolute atomic E-state index is 0.621. The van der Waals surface area contributed by atoms with Gasteiger partial charge in [0.25, 0.3) is 0 Å². The average molecular weight is 307 g/mol. The smallest absolute Gasteiger partial charge is 0.138 e. The van der Waals surface area contributed by atoms with E-state index in [-0.39, 0.29) is 0 Å². The molecular weight excluding hydrogens is 284 g/mol. The van der Waals surface area contributed by atoms with Gasteiger partial charge in [0.05, 0.1) is 11.6 Å². The number of halogens is 1. The zero-order valence-corrected chi connectivity index (χ0v) is 13.9. The molecule has 0 spiro atoms. The molecule has 0 atom stereocenters. The predicted octanol–water partition coefficient (Wildman–Crippen LogP) is 4.79. The second-order valence-electron chi connectivity index (χ2n) is 5.07. The van der Waals surface area contributed by atoms with Gasteiger partial charge in [-0.3, -0.25) is 0 Å². The summed E-state index contributed by atoms with van der Waals surface area (Å²) in [5, 5.41) is 4.06. The van der Waals surface area contributed by atoms with Crippen LogP contribution in [0.25, 0.3) is 0 Å². The standard InChI is InChI=1S/C17H23ClN2O/c1-5-20-12(3)9-14(13(20)4)11-19-15-7-8-17(21-6-2)16(18)10-15/h7-10,19H,5-6,11H2,1-4H3. The van der Waals surface area contributed by atoms with Gasteiger partial charge in [0, 0.05) is 30.2 Å². The largest absolute Gasteiger partial charge is 0.492 e. The SMILES string of the molecule is CCOc1ccc(NCc2cc(C)n(CC)c2C)cc1Cl. The number of aromatic nitrogens is 1. The summed E-state index contributed by atoms with van der Waals surface area (Å²) in [6.07, 6.45) is 0. The van der Waals surface area contributed by atoms with Gasteiger partial charge in [-0.1, -0.05) is 11.6 Å². The van der Waals surface area contributed by atoms with E-state index in [2.05, 4.69) is 36.7 Å². The van der Waals surface area contributed by atoms with Gasteiger partial charge in [0.2, 0.25) is 0 Å². The monoisotopic (exact) mass is 306 g/mol. The van der Waals surface area contributed by atoms with Crippen LogP contribution in [-0.2, 0) is 13.1 Å². The molecule has 1 heterocycles. The van der Waals surface area contributed by atoms with Gasteiger partial charge in [-0.05, 0) is 57.5 Å². The summed E-state index contributed by atoms with van der Waals surface area (Å²) >= 11 is 6.20. The zero-order chi connectivity index (χ0) is 15.4. The van der Waals surface area contributed by atoms with E-state index in [1.54, 1.807) is 0 Å². The van der Waals surface area contributed by atoms with Gasteiger partial charge in [-0.2, -0.15) is 0 Å². The van der Waals surface area contributed by atoms with Crippen molar-refractivity contribution in [3.63, 3.8) is 0 Å². The van der Waals surface area contributed by atoms with Crippen LogP contribution in [0.2, 0.25) is 5.02 Å². The van der Waals surface area contributed by atoms with E-state index >= 15 is 0 Å². The van der Waals surface area contributed by atoms with Crippen molar-refractivity contribution in [2.45, 2.75) is 40.8 Å². The summed E-state index contributed by atoms with van der Waals surface area (Å²) in [7, 11) is 0. The van der Waals surface area contributed by atoms with Crippen LogP contribution in [-0.4, -0.2) is 11.2 Å². The molecule has 0 saturated carbocycles. The van der Waals surface area contributed by atoms with Crippen LogP contribution >= 0.6 is 11.6 Å². The molecule has 0 aliphatic heterocycles. The number of aryl methyl sites for hydroxylation is 1. The maximum absolute atomic E-state index is 6.20. The van der Waals surface area contributed by atoms with Crippen molar-refractivity contribution in [3.05, 3.63) is 46.2 Å². The summed E-state index contributed by atoms with van der Waals surface area (Å²) in [6.45, 7) is 10.9. The van der Waals surface area contributed by atoms with Gasteiger partial charge in [-0.15, -0.1) is 0 Å². The normalized spacial score (nSPS) is 10.7. The number of hydrogen-bond acceptors (Lipinski definition) is 2. The molecule has 1 aromatic carbocycles. The topological polar surface area (TPSA) is 26.2 Å². The first-order chi connectivity index (χ1) is 10.1. The van der Waals surface area contributed by atoms with Gasteiger partial charge >= 0.3 is 0 Å². The van der Waals surface area contributed by atoms with E-state index in [1.165, 1.54) is 17.0 Å². The molecule has 114 valence electrons. The Morgan fingerprint density at radius 3 is 2.52 bits per heavy atom. The molecule has 1 aromatic heterocycles. The molecule has 0 fully saturated rings. The van der Waals surface area contributed by atoms with Crippen molar-refractivity contribution in [1.82, 2.24) is 4.57 Å². The maximum Gasteiger partial charge on any atom is 0.138 e. The first kappa shape index (κ1) is 15.8. The molecule has 0 bridgehead atoms. The molecule has 21 heavy (non-hydrogen) atoms. The van der Waals surface area contributed by atoms with E-state index in [4.69, 9.17) is 16.3 Å². The van der Waals surface area contributed by atoms with E-state index in [1.807, 2.05) is 25.1 Å². The number of benzene rings is 1. The molecule has 0 aliphatic carbocycles. The Morgan fingerprint density at radius 1 is 1.19 bits per heavy atom. The molecule has 3 nitrogen and oxygen atoms in total. The van der Waals surface area contributed by atoms with Crippen molar-refractivity contribution < 1.29 is 4.74 Å². The van der Waals surface area contributed by atoms with Gasteiger partial charge in [0.15, 0.2) is 0 Å². The number of anilines is 1.